The van der Waals surface area contributed by atoms with Crippen LogP contribution in [0.4, 0.5) is 5.69 Å². The Bertz CT molecular complexity index is 1340. The van der Waals surface area contributed by atoms with Gasteiger partial charge in [0.05, 0.1) is 10.6 Å². The lowest BCUT2D eigenvalue weighted by atomic mass is 9.93. The molecule has 2 N–H and O–H groups in total. The normalized spacial score (nSPS) is 16.4. The van der Waals surface area contributed by atoms with Crippen molar-refractivity contribution in [3.8, 4) is 0 Å². The molecular formula is C27H34N2O4S3. The quantitative estimate of drug-likeness (QED) is 0.295. The molecule has 194 valence electrons. The van der Waals surface area contributed by atoms with Crippen LogP contribution < -0.4 is 10.0 Å². The summed E-state index contributed by atoms with van der Waals surface area (Å²) in [5.41, 5.74) is 1.34. The van der Waals surface area contributed by atoms with Crippen LogP contribution in [0.3, 0.4) is 0 Å². The van der Waals surface area contributed by atoms with Crippen LogP contribution in [0.15, 0.2) is 80.0 Å². The SMILES string of the molecule is C[C@@H](CC1CCCCCC1)NCc1ccccc1NS(=O)(=O)c1ccc(S(=O)(=O)c2ccccc2)s1. The maximum atomic E-state index is 13.1. The van der Waals surface area contributed by atoms with Crippen molar-refractivity contribution in [1.29, 1.82) is 0 Å². The Labute approximate surface area is 219 Å². The zero-order valence-electron chi connectivity index (χ0n) is 20.5. The minimum Gasteiger partial charge on any atom is -0.310 e. The number of sulfone groups is 1. The summed E-state index contributed by atoms with van der Waals surface area (Å²) in [7, 11) is -7.72. The Kier molecular flexibility index (Phi) is 8.87. The van der Waals surface area contributed by atoms with Crippen LogP contribution in [0.2, 0.25) is 0 Å². The number of rotatable bonds is 10. The highest BCUT2D eigenvalue weighted by molar-refractivity contribution is 7.96. The number of hydrogen-bond donors (Lipinski definition) is 2. The van der Waals surface area contributed by atoms with E-state index in [4.69, 9.17) is 0 Å². The van der Waals surface area contributed by atoms with Gasteiger partial charge in [0.2, 0.25) is 9.84 Å². The van der Waals surface area contributed by atoms with Gasteiger partial charge in [0.1, 0.15) is 8.42 Å². The van der Waals surface area contributed by atoms with Gasteiger partial charge in [-0.2, -0.15) is 0 Å². The molecule has 1 aliphatic carbocycles. The lowest BCUT2D eigenvalue weighted by Crippen LogP contribution is -2.28. The predicted molar refractivity (Wildman–Crippen MR) is 146 cm³/mol. The van der Waals surface area contributed by atoms with E-state index in [0.29, 0.717) is 18.3 Å². The van der Waals surface area contributed by atoms with Crippen LogP contribution in [-0.4, -0.2) is 22.9 Å². The van der Waals surface area contributed by atoms with Gasteiger partial charge in [-0.05, 0) is 55.2 Å². The number of sulfonamides is 1. The number of nitrogens with one attached hydrogen (secondary N) is 2. The van der Waals surface area contributed by atoms with Gasteiger partial charge >= 0.3 is 0 Å². The summed E-state index contributed by atoms with van der Waals surface area (Å²) < 4.78 is 54.7. The molecule has 3 aromatic rings. The van der Waals surface area contributed by atoms with Crippen molar-refractivity contribution in [3.05, 3.63) is 72.3 Å². The molecule has 1 heterocycles. The van der Waals surface area contributed by atoms with Crippen LogP contribution in [-0.2, 0) is 26.4 Å². The average molecular weight is 547 g/mol. The Morgan fingerprint density at radius 2 is 1.47 bits per heavy atom. The monoisotopic (exact) mass is 546 g/mol. The number of para-hydroxylation sites is 1. The van der Waals surface area contributed by atoms with E-state index in [1.165, 1.54) is 62.8 Å². The second kappa shape index (κ2) is 11.9. The Balaban J connectivity index is 1.43. The van der Waals surface area contributed by atoms with Gasteiger partial charge in [0.15, 0.2) is 0 Å². The lowest BCUT2D eigenvalue weighted by Gasteiger charge is -2.21. The van der Waals surface area contributed by atoms with Crippen LogP contribution in [0.1, 0.15) is 57.4 Å². The Hall–Kier alpha value is -2.20. The first kappa shape index (κ1) is 26.9. The zero-order valence-corrected chi connectivity index (χ0v) is 23.0. The summed E-state index contributed by atoms with van der Waals surface area (Å²) in [4.78, 5) is 0.137. The van der Waals surface area contributed by atoms with Gasteiger partial charge in [0, 0.05) is 12.6 Å². The van der Waals surface area contributed by atoms with Crippen LogP contribution in [0.5, 0.6) is 0 Å². The molecule has 0 aliphatic heterocycles. The van der Waals surface area contributed by atoms with Gasteiger partial charge in [0.25, 0.3) is 10.0 Å². The minimum atomic E-state index is -3.95. The number of thiophene rings is 1. The maximum Gasteiger partial charge on any atom is 0.271 e. The molecule has 0 spiro atoms. The summed E-state index contributed by atoms with van der Waals surface area (Å²) >= 11 is 0.752. The fourth-order valence-electron chi connectivity index (χ4n) is 4.74. The Morgan fingerprint density at radius 1 is 0.833 bits per heavy atom. The molecule has 0 unspecified atom stereocenters. The molecule has 2 aromatic carbocycles. The summed E-state index contributed by atoms with van der Waals surface area (Å²) in [6.45, 7) is 2.74. The largest absolute Gasteiger partial charge is 0.310 e. The van der Waals surface area contributed by atoms with Crippen molar-refractivity contribution in [2.24, 2.45) is 5.92 Å². The smallest absolute Gasteiger partial charge is 0.271 e. The second-order valence-electron chi connectivity index (χ2n) is 9.53. The molecule has 0 saturated heterocycles. The molecule has 6 nitrogen and oxygen atoms in total. The van der Waals surface area contributed by atoms with Crippen LogP contribution >= 0.6 is 11.3 Å². The van der Waals surface area contributed by atoms with E-state index in [1.807, 2.05) is 12.1 Å². The highest BCUT2D eigenvalue weighted by atomic mass is 32.3. The van der Waals surface area contributed by atoms with E-state index < -0.39 is 19.9 Å². The molecule has 1 aliphatic rings. The molecule has 36 heavy (non-hydrogen) atoms. The number of anilines is 1. The molecule has 0 amide bonds. The minimum absolute atomic E-state index is 0.00337. The van der Waals surface area contributed by atoms with Gasteiger partial charge < -0.3 is 5.32 Å². The predicted octanol–water partition coefficient (Wildman–Crippen LogP) is 6.22. The van der Waals surface area contributed by atoms with Crippen molar-refractivity contribution < 1.29 is 16.8 Å². The third-order valence-corrected chi connectivity index (χ3v) is 11.9. The van der Waals surface area contributed by atoms with Gasteiger partial charge in [-0.1, -0.05) is 74.9 Å². The first-order chi connectivity index (χ1) is 17.3. The standard InChI is InChI=1S/C27H34N2O4S3/c1-21(19-22-11-5-2-3-6-12-22)28-20-23-13-9-10-16-25(23)29-36(32,33)27-18-17-26(34-27)35(30,31)24-14-7-4-8-15-24/h4,7-10,13-18,21-22,28-29H,2-3,5-6,11-12,19-20H2,1H3/t21-/m0/s1. The first-order valence-electron chi connectivity index (χ1n) is 12.5. The fraction of sp³-hybridized carbons (Fsp3) is 0.407. The molecular weight excluding hydrogens is 513 g/mol. The van der Waals surface area contributed by atoms with Gasteiger partial charge in [-0.3, -0.25) is 4.72 Å². The van der Waals surface area contributed by atoms with Crippen molar-refractivity contribution in [2.75, 3.05) is 4.72 Å². The van der Waals surface area contributed by atoms with Crippen molar-refractivity contribution in [2.45, 2.75) is 77.8 Å². The maximum absolute atomic E-state index is 13.1. The molecule has 1 atom stereocenters. The van der Waals surface area contributed by atoms with Crippen molar-refractivity contribution in [3.63, 3.8) is 0 Å². The fourth-order valence-corrected chi connectivity index (χ4v) is 9.03. The highest BCUT2D eigenvalue weighted by Gasteiger charge is 2.25. The topological polar surface area (TPSA) is 92.3 Å². The first-order valence-corrected chi connectivity index (χ1v) is 16.3. The summed E-state index contributed by atoms with van der Waals surface area (Å²) in [5, 5.41) is 3.56. The third-order valence-electron chi connectivity index (χ3n) is 6.70. The zero-order chi connectivity index (χ0) is 25.6. The molecule has 0 bridgehead atoms. The van der Waals surface area contributed by atoms with E-state index in [2.05, 4.69) is 17.0 Å². The van der Waals surface area contributed by atoms with Crippen LogP contribution in [0.25, 0.3) is 0 Å². The molecule has 1 fully saturated rings. The Morgan fingerprint density at radius 3 is 2.19 bits per heavy atom. The average Bonchev–Trinajstić information content (AvgIpc) is 3.26. The number of hydrogen-bond acceptors (Lipinski definition) is 6. The molecule has 4 rings (SSSR count). The van der Waals surface area contributed by atoms with Gasteiger partial charge in [-0.15, -0.1) is 11.3 Å². The van der Waals surface area contributed by atoms with E-state index in [1.54, 1.807) is 30.3 Å². The van der Waals surface area contributed by atoms with Crippen molar-refractivity contribution >= 4 is 36.9 Å². The van der Waals surface area contributed by atoms with Crippen molar-refractivity contribution in [1.82, 2.24) is 5.32 Å². The van der Waals surface area contributed by atoms with Gasteiger partial charge in [-0.25, -0.2) is 16.8 Å². The summed E-state index contributed by atoms with van der Waals surface area (Å²) in [5.74, 6) is 0.754. The van der Waals surface area contributed by atoms with Crippen LogP contribution in [0, 0.1) is 5.92 Å². The lowest BCUT2D eigenvalue weighted by molar-refractivity contribution is 0.363. The van der Waals surface area contributed by atoms with E-state index in [0.717, 1.165) is 29.2 Å². The highest BCUT2D eigenvalue weighted by Crippen LogP contribution is 2.32. The third kappa shape index (κ3) is 6.76. The van der Waals surface area contributed by atoms with E-state index >= 15 is 0 Å². The number of benzene rings is 2. The molecule has 0 radical (unpaired) electrons. The molecule has 9 heteroatoms. The summed E-state index contributed by atoms with van der Waals surface area (Å²) in [6.07, 6.45) is 9.04. The molecule has 1 aromatic heterocycles. The summed E-state index contributed by atoms with van der Waals surface area (Å²) in [6, 6.07) is 18.4. The second-order valence-corrected chi connectivity index (χ2v) is 14.7. The molecule has 1 saturated carbocycles. The van der Waals surface area contributed by atoms with E-state index in [-0.39, 0.29) is 13.3 Å². The van der Waals surface area contributed by atoms with E-state index in [9.17, 15) is 16.8 Å².